The van der Waals surface area contributed by atoms with E-state index in [0.717, 1.165) is 50.6 Å². The van der Waals surface area contributed by atoms with E-state index in [4.69, 9.17) is 4.74 Å². The summed E-state index contributed by atoms with van der Waals surface area (Å²) in [6, 6.07) is 0.352. The highest BCUT2D eigenvalue weighted by molar-refractivity contribution is 9.09. The average Bonchev–Trinajstić information content (AvgIpc) is 2.39. The molecule has 1 atom stereocenters. The van der Waals surface area contributed by atoms with Crippen molar-refractivity contribution in [2.45, 2.75) is 58.1 Å². The molecule has 0 radical (unpaired) electrons. The van der Waals surface area contributed by atoms with Crippen LogP contribution in [0.3, 0.4) is 0 Å². The van der Waals surface area contributed by atoms with Gasteiger partial charge in [-0.1, -0.05) is 29.8 Å². The van der Waals surface area contributed by atoms with Gasteiger partial charge in [0.05, 0.1) is 0 Å². The molecule has 1 heterocycles. The summed E-state index contributed by atoms with van der Waals surface area (Å²) in [6.07, 6.45) is 4.93. The molecule has 1 rings (SSSR count). The van der Waals surface area contributed by atoms with Crippen LogP contribution in [0.1, 0.15) is 46.0 Å². The molecule has 0 N–H and O–H groups in total. The second-order valence-corrected chi connectivity index (χ2v) is 5.34. The molecule has 1 aliphatic rings. The van der Waals surface area contributed by atoms with E-state index in [0.29, 0.717) is 6.04 Å². The number of carbonyl (C=O) groups is 1. The van der Waals surface area contributed by atoms with Gasteiger partial charge >= 0.3 is 0 Å². The molecule has 0 spiro atoms. The van der Waals surface area contributed by atoms with Gasteiger partial charge in [0.1, 0.15) is 6.10 Å². The van der Waals surface area contributed by atoms with Crippen LogP contribution in [0.4, 0.5) is 0 Å². The van der Waals surface area contributed by atoms with Gasteiger partial charge in [0.25, 0.3) is 5.91 Å². The Bertz CT molecular complexity index is 225. The predicted octanol–water partition coefficient (Wildman–Crippen LogP) is 2.97. The summed E-state index contributed by atoms with van der Waals surface area (Å²) in [6.45, 7) is 5.81. The summed E-state index contributed by atoms with van der Waals surface area (Å²) in [5, 5.41) is 0.835. The molecule has 3 nitrogen and oxygen atoms in total. The minimum atomic E-state index is -0.191. The molecule has 17 heavy (non-hydrogen) atoms. The molecule has 1 amide bonds. The molecule has 0 aromatic carbocycles. The fourth-order valence-corrected chi connectivity index (χ4v) is 2.80. The molecule has 0 bridgehead atoms. The van der Waals surface area contributed by atoms with Gasteiger partial charge in [0.15, 0.2) is 0 Å². The van der Waals surface area contributed by atoms with Gasteiger partial charge in [-0.05, 0) is 32.1 Å². The van der Waals surface area contributed by atoms with E-state index in [2.05, 4.69) is 29.8 Å². The summed E-state index contributed by atoms with van der Waals surface area (Å²) >= 11 is 3.43. The van der Waals surface area contributed by atoms with Crippen molar-refractivity contribution in [3.05, 3.63) is 0 Å². The summed E-state index contributed by atoms with van der Waals surface area (Å²) in [5.74, 6) is 0.192. The zero-order valence-electron chi connectivity index (χ0n) is 11.0. The molecule has 1 unspecified atom stereocenters. The number of hydrogen-bond acceptors (Lipinski definition) is 2. The number of nitrogens with zero attached hydrogens (tertiary/aromatic N) is 1. The van der Waals surface area contributed by atoms with E-state index in [1.807, 2.05) is 4.90 Å². The molecular formula is C13H24BrNO2. The Labute approximate surface area is 113 Å². The fraction of sp³-hybridized carbons (Fsp3) is 0.923. The quantitative estimate of drug-likeness (QED) is 0.706. The van der Waals surface area contributed by atoms with Crippen LogP contribution in [0.5, 0.6) is 0 Å². The summed E-state index contributed by atoms with van der Waals surface area (Å²) in [7, 11) is 0. The van der Waals surface area contributed by atoms with E-state index < -0.39 is 0 Å². The smallest absolute Gasteiger partial charge is 0.251 e. The maximum Gasteiger partial charge on any atom is 0.251 e. The van der Waals surface area contributed by atoms with Crippen molar-refractivity contribution in [1.82, 2.24) is 4.90 Å². The van der Waals surface area contributed by atoms with Gasteiger partial charge in [-0.2, -0.15) is 0 Å². The maximum atomic E-state index is 12.4. The van der Waals surface area contributed by atoms with Crippen molar-refractivity contribution in [3.63, 3.8) is 0 Å². The molecular weight excluding hydrogens is 282 g/mol. The number of hydrogen-bond donors (Lipinski definition) is 0. The third-order valence-electron chi connectivity index (χ3n) is 3.45. The second kappa shape index (κ2) is 8.09. The number of alkyl halides is 1. The summed E-state index contributed by atoms with van der Waals surface area (Å²) in [4.78, 5) is 14.4. The van der Waals surface area contributed by atoms with Crippen molar-refractivity contribution in [1.29, 1.82) is 0 Å². The van der Waals surface area contributed by atoms with Crippen molar-refractivity contribution >= 4 is 21.8 Å². The molecule has 4 heteroatoms. The highest BCUT2D eigenvalue weighted by Crippen LogP contribution is 2.18. The second-order valence-electron chi connectivity index (χ2n) is 4.55. The van der Waals surface area contributed by atoms with Crippen LogP contribution < -0.4 is 0 Å². The van der Waals surface area contributed by atoms with Gasteiger partial charge in [-0.25, -0.2) is 0 Å². The lowest BCUT2D eigenvalue weighted by Gasteiger charge is -2.34. The van der Waals surface area contributed by atoms with Gasteiger partial charge in [-0.15, -0.1) is 0 Å². The number of amides is 1. The van der Waals surface area contributed by atoms with Gasteiger partial charge in [0, 0.05) is 24.5 Å². The zero-order valence-corrected chi connectivity index (χ0v) is 12.5. The maximum absolute atomic E-state index is 12.4. The molecule has 0 aromatic rings. The predicted molar refractivity (Wildman–Crippen MR) is 73.5 cm³/mol. The first-order valence-corrected chi connectivity index (χ1v) is 7.84. The van der Waals surface area contributed by atoms with Crippen LogP contribution in [-0.4, -0.2) is 41.4 Å². The molecule has 1 saturated heterocycles. The van der Waals surface area contributed by atoms with Crippen molar-refractivity contribution in [2.24, 2.45) is 0 Å². The number of rotatable bonds is 6. The first-order valence-electron chi connectivity index (χ1n) is 6.72. The Morgan fingerprint density at radius 3 is 2.59 bits per heavy atom. The third kappa shape index (κ3) is 4.25. The normalized spacial score (nSPS) is 20.6. The lowest BCUT2D eigenvalue weighted by Crippen LogP contribution is -2.47. The molecule has 100 valence electrons. The lowest BCUT2D eigenvalue weighted by molar-refractivity contribution is -0.148. The standard InChI is InChI=1S/C13H24BrNO2/c1-3-11(4-2)15(9-8-14)13(16)12-7-5-6-10-17-12/h11-12H,3-10H2,1-2H3. The number of ether oxygens (including phenoxy) is 1. The van der Waals surface area contributed by atoms with Crippen LogP contribution in [0.15, 0.2) is 0 Å². The molecule has 1 fully saturated rings. The average molecular weight is 306 g/mol. The highest BCUT2D eigenvalue weighted by atomic mass is 79.9. The first-order chi connectivity index (χ1) is 8.24. The SMILES string of the molecule is CCC(CC)N(CCBr)C(=O)C1CCCCO1. The van der Waals surface area contributed by atoms with E-state index in [1.54, 1.807) is 0 Å². The van der Waals surface area contributed by atoms with E-state index >= 15 is 0 Å². The topological polar surface area (TPSA) is 29.5 Å². The zero-order chi connectivity index (χ0) is 12.7. The van der Waals surface area contributed by atoms with E-state index in [-0.39, 0.29) is 12.0 Å². The van der Waals surface area contributed by atoms with Crippen LogP contribution >= 0.6 is 15.9 Å². The van der Waals surface area contributed by atoms with Gasteiger partial charge < -0.3 is 9.64 Å². The largest absolute Gasteiger partial charge is 0.368 e. The van der Waals surface area contributed by atoms with Crippen molar-refractivity contribution in [3.8, 4) is 0 Å². The van der Waals surface area contributed by atoms with Crippen LogP contribution in [0.2, 0.25) is 0 Å². The highest BCUT2D eigenvalue weighted by Gasteiger charge is 2.29. The third-order valence-corrected chi connectivity index (χ3v) is 3.80. The van der Waals surface area contributed by atoms with E-state index in [1.165, 1.54) is 0 Å². The van der Waals surface area contributed by atoms with Crippen LogP contribution in [0, 0.1) is 0 Å². The van der Waals surface area contributed by atoms with Crippen molar-refractivity contribution < 1.29 is 9.53 Å². The molecule has 0 saturated carbocycles. The molecule has 0 aromatic heterocycles. The number of carbonyl (C=O) groups excluding carboxylic acids is 1. The minimum absolute atomic E-state index is 0.191. The van der Waals surface area contributed by atoms with E-state index in [9.17, 15) is 4.79 Å². The molecule has 0 aliphatic carbocycles. The van der Waals surface area contributed by atoms with Gasteiger partial charge in [0.2, 0.25) is 0 Å². The van der Waals surface area contributed by atoms with Crippen molar-refractivity contribution in [2.75, 3.05) is 18.5 Å². The Hall–Kier alpha value is -0.0900. The molecule has 1 aliphatic heterocycles. The summed E-state index contributed by atoms with van der Waals surface area (Å²) in [5.41, 5.74) is 0. The monoisotopic (exact) mass is 305 g/mol. The van der Waals surface area contributed by atoms with Gasteiger partial charge in [-0.3, -0.25) is 4.79 Å². The Kier molecular flexibility index (Phi) is 7.12. The fourth-order valence-electron chi connectivity index (χ4n) is 2.41. The summed E-state index contributed by atoms with van der Waals surface area (Å²) < 4.78 is 5.60. The number of halogens is 1. The Balaban J connectivity index is 2.63. The minimum Gasteiger partial charge on any atom is -0.368 e. The first kappa shape index (κ1) is 15.0. The van der Waals surface area contributed by atoms with Crippen LogP contribution in [-0.2, 0) is 9.53 Å². The Morgan fingerprint density at radius 2 is 2.12 bits per heavy atom. The Morgan fingerprint density at radius 1 is 1.41 bits per heavy atom. The lowest BCUT2D eigenvalue weighted by atomic mass is 10.1. The van der Waals surface area contributed by atoms with Crippen LogP contribution in [0.25, 0.3) is 0 Å².